The Bertz CT molecular complexity index is 775. The maximum Gasteiger partial charge on any atom is 0.219 e. The van der Waals surface area contributed by atoms with E-state index in [0.717, 1.165) is 6.26 Å². The standard InChI is InChI=1S/C14H12N2O3S/c1-10-11(9-15)3-8-14(16-10)19-12-4-6-13(7-5-12)20(2,17)18/h3-8H,1-2H3. The molecule has 0 spiro atoms. The third-order valence-electron chi connectivity index (χ3n) is 2.66. The largest absolute Gasteiger partial charge is 0.439 e. The maximum atomic E-state index is 11.3. The van der Waals surface area contributed by atoms with Crippen LogP contribution in [0, 0.1) is 18.3 Å². The van der Waals surface area contributed by atoms with Gasteiger partial charge in [0.1, 0.15) is 11.8 Å². The Balaban J connectivity index is 2.23. The van der Waals surface area contributed by atoms with Crippen molar-refractivity contribution in [3.8, 4) is 17.7 Å². The van der Waals surface area contributed by atoms with Gasteiger partial charge in [0.25, 0.3) is 0 Å². The van der Waals surface area contributed by atoms with Crippen LogP contribution in [0.4, 0.5) is 0 Å². The van der Waals surface area contributed by atoms with Crippen LogP contribution in [0.5, 0.6) is 11.6 Å². The Morgan fingerprint density at radius 1 is 1.15 bits per heavy atom. The van der Waals surface area contributed by atoms with Gasteiger partial charge in [-0.1, -0.05) is 0 Å². The van der Waals surface area contributed by atoms with Gasteiger partial charge in [-0.3, -0.25) is 0 Å². The number of aromatic nitrogens is 1. The molecule has 6 heteroatoms. The van der Waals surface area contributed by atoms with Crippen LogP contribution < -0.4 is 4.74 Å². The Hall–Kier alpha value is -2.39. The summed E-state index contributed by atoms with van der Waals surface area (Å²) in [4.78, 5) is 4.38. The minimum Gasteiger partial charge on any atom is -0.439 e. The smallest absolute Gasteiger partial charge is 0.219 e. The molecule has 1 aromatic heterocycles. The average Bonchev–Trinajstić information content (AvgIpc) is 2.38. The van der Waals surface area contributed by atoms with Crippen molar-refractivity contribution in [1.29, 1.82) is 5.26 Å². The molecular weight excluding hydrogens is 276 g/mol. The van der Waals surface area contributed by atoms with Crippen molar-refractivity contribution < 1.29 is 13.2 Å². The number of sulfone groups is 1. The van der Waals surface area contributed by atoms with Crippen molar-refractivity contribution >= 4 is 9.84 Å². The van der Waals surface area contributed by atoms with Crippen LogP contribution in [0.15, 0.2) is 41.3 Å². The van der Waals surface area contributed by atoms with Crippen LogP contribution in [0.1, 0.15) is 11.3 Å². The van der Waals surface area contributed by atoms with Crippen LogP contribution in [0.2, 0.25) is 0 Å². The predicted molar refractivity (Wildman–Crippen MR) is 73.3 cm³/mol. The molecule has 2 aromatic rings. The Morgan fingerprint density at radius 2 is 1.80 bits per heavy atom. The average molecular weight is 288 g/mol. The second-order valence-corrected chi connectivity index (χ2v) is 6.26. The molecule has 0 fully saturated rings. The van der Waals surface area contributed by atoms with E-state index in [1.54, 1.807) is 31.2 Å². The zero-order chi connectivity index (χ0) is 14.8. The summed E-state index contributed by atoms with van der Waals surface area (Å²) in [6, 6.07) is 11.3. The summed E-state index contributed by atoms with van der Waals surface area (Å²) >= 11 is 0. The molecule has 0 atom stereocenters. The molecule has 102 valence electrons. The highest BCUT2D eigenvalue weighted by atomic mass is 32.2. The number of benzene rings is 1. The van der Waals surface area contributed by atoms with E-state index in [9.17, 15) is 8.42 Å². The molecule has 0 aliphatic carbocycles. The van der Waals surface area contributed by atoms with E-state index in [-0.39, 0.29) is 4.90 Å². The summed E-state index contributed by atoms with van der Waals surface area (Å²) in [5.74, 6) is 0.836. The number of nitriles is 1. The Kier molecular flexibility index (Phi) is 3.72. The third-order valence-corrected chi connectivity index (χ3v) is 3.78. The first-order valence-electron chi connectivity index (χ1n) is 5.76. The summed E-state index contributed by atoms with van der Waals surface area (Å²) in [5, 5.41) is 8.82. The number of nitrogens with zero attached hydrogens (tertiary/aromatic N) is 2. The second kappa shape index (κ2) is 5.31. The van der Waals surface area contributed by atoms with Gasteiger partial charge < -0.3 is 4.74 Å². The van der Waals surface area contributed by atoms with E-state index in [2.05, 4.69) is 4.98 Å². The molecule has 0 radical (unpaired) electrons. The van der Waals surface area contributed by atoms with Gasteiger partial charge in [0, 0.05) is 12.3 Å². The van der Waals surface area contributed by atoms with E-state index in [0.29, 0.717) is 22.9 Å². The van der Waals surface area contributed by atoms with E-state index >= 15 is 0 Å². The summed E-state index contributed by atoms with van der Waals surface area (Å²) in [7, 11) is -3.22. The van der Waals surface area contributed by atoms with Crippen LogP contribution in [0.3, 0.4) is 0 Å². The second-order valence-electron chi connectivity index (χ2n) is 4.24. The summed E-state index contributed by atoms with van der Waals surface area (Å²) in [6.07, 6.45) is 1.15. The van der Waals surface area contributed by atoms with E-state index in [4.69, 9.17) is 10.00 Å². The van der Waals surface area contributed by atoms with Gasteiger partial charge in [-0.2, -0.15) is 5.26 Å². The lowest BCUT2D eigenvalue weighted by molar-refractivity contribution is 0.461. The molecule has 0 saturated heterocycles. The molecule has 2 rings (SSSR count). The number of rotatable bonds is 3. The Morgan fingerprint density at radius 3 is 2.30 bits per heavy atom. The van der Waals surface area contributed by atoms with Gasteiger partial charge in [-0.05, 0) is 37.3 Å². The lowest BCUT2D eigenvalue weighted by Gasteiger charge is -2.06. The fourth-order valence-corrected chi connectivity index (χ4v) is 2.22. The minimum atomic E-state index is -3.22. The molecule has 20 heavy (non-hydrogen) atoms. The molecule has 5 nitrogen and oxygen atoms in total. The first-order chi connectivity index (χ1) is 9.40. The van der Waals surface area contributed by atoms with Crippen molar-refractivity contribution in [2.75, 3.05) is 6.26 Å². The maximum absolute atomic E-state index is 11.3. The quantitative estimate of drug-likeness (QED) is 0.866. The van der Waals surface area contributed by atoms with Crippen LogP contribution in [-0.2, 0) is 9.84 Å². The number of pyridine rings is 1. The van der Waals surface area contributed by atoms with Crippen molar-refractivity contribution in [2.24, 2.45) is 0 Å². The predicted octanol–water partition coefficient (Wildman–Crippen LogP) is 2.46. The summed E-state index contributed by atoms with van der Waals surface area (Å²) < 4.78 is 28.2. The van der Waals surface area contributed by atoms with Gasteiger partial charge in [0.2, 0.25) is 5.88 Å². The fraction of sp³-hybridized carbons (Fsp3) is 0.143. The van der Waals surface area contributed by atoms with Gasteiger partial charge in [-0.25, -0.2) is 13.4 Å². The zero-order valence-electron chi connectivity index (χ0n) is 11.0. The van der Waals surface area contributed by atoms with Crippen LogP contribution in [0.25, 0.3) is 0 Å². The highest BCUT2D eigenvalue weighted by Gasteiger charge is 2.07. The van der Waals surface area contributed by atoms with Gasteiger partial charge in [0.05, 0.1) is 16.2 Å². The van der Waals surface area contributed by atoms with Crippen molar-refractivity contribution in [1.82, 2.24) is 4.98 Å². The van der Waals surface area contributed by atoms with Crippen molar-refractivity contribution in [3.05, 3.63) is 47.7 Å². The molecule has 0 aliphatic heterocycles. The number of hydrogen-bond donors (Lipinski definition) is 0. The molecule has 0 aliphatic rings. The number of aryl methyl sites for hydroxylation is 1. The first kappa shape index (κ1) is 14.0. The lowest BCUT2D eigenvalue weighted by Crippen LogP contribution is -1.97. The SMILES string of the molecule is Cc1nc(Oc2ccc(S(C)(=O)=O)cc2)ccc1C#N. The summed E-state index contributed by atoms with van der Waals surface area (Å²) in [5.41, 5.74) is 1.07. The normalized spacial score (nSPS) is 10.8. The number of ether oxygens (including phenoxy) is 1. The molecule has 0 bridgehead atoms. The van der Waals surface area contributed by atoms with Crippen LogP contribution >= 0.6 is 0 Å². The Labute approximate surface area is 117 Å². The summed E-state index contributed by atoms with van der Waals surface area (Å²) in [6.45, 7) is 1.72. The van der Waals surface area contributed by atoms with Crippen LogP contribution in [-0.4, -0.2) is 19.7 Å². The molecule has 0 N–H and O–H groups in total. The molecule has 1 heterocycles. The monoisotopic (exact) mass is 288 g/mol. The van der Waals surface area contributed by atoms with Crippen molar-refractivity contribution in [3.63, 3.8) is 0 Å². The number of hydrogen-bond acceptors (Lipinski definition) is 5. The van der Waals surface area contributed by atoms with Crippen molar-refractivity contribution in [2.45, 2.75) is 11.8 Å². The topological polar surface area (TPSA) is 80.0 Å². The van der Waals surface area contributed by atoms with E-state index in [1.165, 1.54) is 12.1 Å². The molecule has 0 amide bonds. The van der Waals surface area contributed by atoms with Gasteiger partial charge in [0.15, 0.2) is 9.84 Å². The lowest BCUT2D eigenvalue weighted by atomic mass is 10.2. The minimum absolute atomic E-state index is 0.230. The highest BCUT2D eigenvalue weighted by Crippen LogP contribution is 2.22. The van der Waals surface area contributed by atoms with E-state index < -0.39 is 9.84 Å². The zero-order valence-corrected chi connectivity index (χ0v) is 11.8. The highest BCUT2D eigenvalue weighted by molar-refractivity contribution is 7.90. The molecule has 0 unspecified atom stereocenters. The fourth-order valence-electron chi connectivity index (χ4n) is 1.59. The van der Waals surface area contributed by atoms with E-state index in [1.807, 2.05) is 6.07 Å². The van der Waals surface area contributed by atoms with Gasteiger partial charge in [-0.15, -0.1) is 0 Å². The van der Waals surface area contributed by atoms with Gasteiger partial charge >= 0.3 is 0 Å². The molecule has 0 saturated carbocycles. The third kappa shape index (κ3) is 3.13. The molecular formula is C14H12N2O3S. The molecule has 1 aromatic carbocycles. The first-order valence-corrected chi connectivity index (χ1v) is 7.65.